The maximum atomic E-state index is 13.8. The molecule has 0 aliphatic carbocycles. The molecule has 0 aromatic heterocycles. The second-order valence-electron chi connectivity index (χ2n) is 7.29. The smallest absolute Gasteiger partial charge is 0.306 e. The molecule has 1 aromatic carbocycles. The number of rotatable bonds is 5. The summed E-state index contributed by atoms with van der Waals surface area (Å²) in [7, 11) is 0. The molecule has 6 nitrogen and oxygen atoms in total. The number of fused-ring (bicyclic) bond motifs is 1. The minimum atomic E-state index is -0.987. The molecule has 0 spiro atoms. The first kappa shape index (κ1) is 20.4. The molecule has 0 radical (unpaired) electrons. The first-order valence-electron chi connectivity index (χ1n) is 8.25. The van der Waals surface area contributed by atoms with E-state index in [4.69, 9.17) is 10.5 Å². The van der Waals surface area contributed by atoms with E-state index in [1.54, 1.807) is 27.7 Å². The Morgan fingerprint density at radius 1 is 1.38 bits per heavy atom. The second-order valence-corrected chi connectivity index (χ2v) is 8.14. The summed E-state index contributed by atoms with van der Waals surface area (Å²) in [5.41, 5.74) is 5.64. The average molecular weight is 429 g/mol. The first-order valence-corrected chi connectivity index (χ1v) is 9.04. The molecule has 0 saturated heterocycles. The lowest BCUT2D eigenvalue weighted by Crippen LogP contribution is -2.46. The summed E-state index contributed by atoms with van der Waals surface area (Å²) in [5, 5.41) is 0. The van der Waals surface area contributed by atoms with Crippen molar-refractivity contribution in [3.05, 3.63) is 33.5 Å². The number of benzene rings is 1. The lowest BCUT2D eigenvalue weighted by atomic mass is 10.0. The fourth-order valence-electron chi connectivity index (χ4n) is 3.03. The molecule has 2 rings (SSSR count). The number of carbonyl (C=O) groups is 3. The van der Waals surface area contributed by atoms with Crippen LogP contribution in [0.2, 0.25) is 0 Å². The lowest BCUT2D eigenvalue weighted by molar-refractivity contribution is -0.155. The highest BCUT2D eigenvalue weighted by molar-refractivity contribution is 9.10. The number of amides is 2. The normalized spacial score (nSPS) is 17.8. The summed E-state index contributed by atoms with van der Waals surface area (Å²) in [6.07, 6.45) is -0.0201. The van der Waals surface area contributed by atoms with Crippen LogP contribution in [0.3, 0.4) is 0 Å². The molecule has 2 N–H and O–H groups in total. The van der Waals surface area contributed by atoms with Crippen LogP contribution in [0.1, 0.15) is 62.5 Å². The van der Waals surface area contributed by atoms with E-state index in [0.29, 0.717) is 5.56 Å². The van der Waals surface area contributed by atoms with Gasteiger partial charge in [0.2, 0.25) is 5.91 Å². The van der Waals surface area contributed by atoms with Gasteiger partial charge in [0.25, 0.3) is 5.91 Å². The van der Waals surface area contributed by atoms with Crippen molar-refractivity contribution >= 4 is 33.7 Å². The Balaban J connectivity index is 2.22. The molecule has 0 bridgehead atoms. The van der Waals surface area contributed by atoms with Crippen LogP contribution in [-0.4, -0.2) is 34.3 Å². The van der Waals surface area contributed by atoms with E-state index in [1.807, 2.05) is 0 Å². The summed E-state index contributed by atoms with van der Waals surface area (Å²) < 4.78 is 19.3. The maximum absolute atomic E-state index is 13.8. The minimum Gasteiger partial charge on any atom is -0.460 e. The number of ether oxygens (including phenoxy) is 1. The van der Waals surface area contributed by atoms with Gasteiger partial charge in [-0.1, -0.05) is 0 Å². The van der Waals surface area contributed by atoms with Crippen LogP contribution in [-0.2, 0) is 14.3 Å². The highest BCUT2D eigenvalue weighted by Gasteiger charge is 2.41. The Kier molecular flexibility index (Phi) is 5.75. The fourth-order valence-corrected chi connectivity index (χ4v) is 3.40. The van der Waals surface area contributed by atoms with Gasteiger partial charge in [0.1, 0.15) is 17.5 Å². The van der Waals surface area contributed by atoms with Gasteiger partial charge >= 0.3 is 5.97 Å². The molecule has 1 aliphatic rings. The van der Waals surface area contributed by atoms with Gasteiger partial charge in [-0.3, -0.25) is 14.4 Å². The average Bonchev–Trinajstić information content (AvgIpc) is 2.71. The third-order valence-electron chi connectivity index (χ3n) is 4.13. The lowest BCUT2D eigenvalue weighted by Gasteiger charge is -2.30. The first-order chi connectivity index (χ1) is 11.9. The quantitative estimate of drug-likeness (QED) is 0.729. The highest BCUT2D eigenvalue weighted by atomic mass is 79.9. The number of carbonyl (C=O) groups excluding carboxylic acids is 3. The Labute approximate surface area is 160 Å². The van der Waals surface area contributed by atoms with Crippen LogP contribution in [0.25, 0.3) is 0 Å². The molecule has 26 heavy (non-hydrogen) atoms. The van der Waals surface area contributed by atoms with Crippen molar-refractivity contribution < 1.29 is 23.5 Å². The van der Waals surface area contributed by atoms with E-state index >= 15 is 0 Å². The van der Waals surface area contributed by atoms with Gasteiger partial charge in [0.15, 0.2) is 0 Å². The fraction of sp³-hybridized carbons (Fsp3) is 0.500. The minimum absolute atomic E-state index is 0.0396. The third-order valence-corrected chi connectivity index (χ3v) is 4.74. The summed E-state index contributed by atoms with van der Waals surface area (Å²) in [4.78, 5) is 37.9. The highest BCUT2D eigenvalue weighted by Crippen LogP contribution is 2.38. The number of hydrogen-bond acceptors (Lipinski definition) is 4. The molecule has 1 heterocycles. The molecule has 1 aliphatic heterocycles. The molecule has 1 aromatic rings. The van der Waals surface area contributed by atoms with E-state index in [1.165, 1.54) is 11.0 Å². The number of nitrogens with zero attached hydrogens (tertiary/aromatic N) is 1. The monoisotopic (exact) mass is 428 g/mol. The number of hydrogen-bond donors (Lipinski definition) is 1. The van der Waals surface area contributed by atoms with Crippen LogP contribution in [0, 0.1) is 5.82 Å². The van der Waals surface area contributed by atoms with Gasteiger partial charge in [-0.15, -0.1) is 0 Å². The zero-order valence-corrected chi connectivity index (χ0v) is 16.7. The van der Waals surface area contributed by atoms with Crippen LogP contribution in [0.5, 0.6) is 0 Å². The van der Waals surface area contributed by atoms with Crippen molar-refractivity contribution in [2.45, 2.75) is 58.2 Å². The topological polar surface area (TPSA) is 89.7 Å². The number of primary amides is 1. The molecule has 8 heteroatoms. The summed E-state index contributed by atoms with van der Waals surface area (Å²) in [5.74, 6) is -2.24. The molecule has 2 amide bonds. The van der Waals surface area contributed by atoms with Crippen molar-refractivity contribution in [2.24, 2.45) is 5.73 Å². The second kappa shape index (κ2) is 7.34. The van der Waals surface area contributed by atoms with Gasteiger partial charge in [-0.05, 0) is 67.7 Å². The van der Waals surface area contributed by atoms with Crippen molar-refractivity contribution in [1.82, 2.24) is 4.90 Å². The third kappa shape index (κ3) is 4.23. The zero-order chi connectivity index (χ0) is 19.8. The Bertz CT molecular complexity index is 760. The van der Waals surface area contributed by atoms with E-state index in [0.717, 1.165) is 6.07 Å². The molecule has 142 valence electrons. The van der Waals surface area contributed by atoms with Crippen molar-refractivity contribution in [1.29, 1.82) is 0 Å². The molecule has 2 atom stereocenters. The SMILES string of the molecule is CC1c2cc(Br)c(F)cc2C(=O)N1[C@@H](CCC(=O)OC(C)(C)C)C(N)=O. The van der Waals surface area contributed by atoms with E-state index < -0.39 is 41.3 Å². The molecular formula is C18H22BrFN2O4. The molecule has 1 unspecified atom stereocenters. The molecule has 0 saturated carbocycles. The van der Waals surface area contributed by atoms with Crippen LogP contribution < -0.4 is 5.73 Å². The van der Waals surface area contributed by atoms with E-state index in [-0.39, 0.29) is 22.9 Å². The summed E-state index contributed by atoms with van der Waals surface area (Å²) in [6, 6.07) is 1.22. The summed E-state index contributed by atoms with van der Waals surface area (Å²) >= 11 is 3.10. The van der Waals surface area contributed by atoms with Crippen LogP contribution in [0.4, 0.5) is 4.39 Å². The van der Waals surface area contributed by atoms with Crippen molar-refractivity contribution in [3.63, 3.8) is 0 Å². The van der Waals surface area contributed by atoms with Gasteiger partial charge in [-0.2, -0.15) is 0 Å². The van der Waals surface area contributed by atoms with Gasteiger partial charge < -0.3 is 15.4 Å². The number of nitrogens with two attached hydrogens (primary N) is 1. The Morgan fingerprint density at radius 3 is 2.54 bits per heavy atom. The zero-order valence-electron chi connectivity index (χ0n) is 15.1. The van der Waals surface area contributed by atoms with Gasteiger partial charge in [0, 0.05) is 12.0 Å². The van der Waals surface area contributed by atoms with E-state index in [2.05, 4.69) is 15.9 Å². The Hall–Kier alpha value is -1.96. The summed E-state index contributed by atoms with van der Waals surface area (Å²) in [6.45, 7) is 6.96. The van der Waals surface area contributed by atoms with Crippen molar-refractivity contribution in [3.8, 4) is 0 Å². The van der Waals surface area contributed by atoms with Crippen LogP contribution >= 0.6 is 15.9 Å². The predicted octanol–water partition coefficient (Wildman–Crippen LogP) is 3.08. The number of esters is 1. The molecule has 0 fully saturated rings. The predicted molar refractivity (Wildman–Crippen MR) is 96.7 cm³/mol. The molecular weight excluding hydrogens is 407 g/mol. The van der Waals surface area contributed by atoms with Crippen molar-refractivity contribution in [2.75, 3.05) is 0 Å². The van der Waals surface area contributed by atoms with Crippen LogP contribution in [0.15, 0.2) is 16.6 Å². The Morgan fingerprint density at radius 2 is 2.00 bits per heavy atom. The maximum Gasteiger partial charge on any atom is 0.306 e. The van der Waals surface area contributed by atoms with Gasteiger partial charge in [0.05, 0.1) is 10.5 Å². The number of halogens is 2. The van der Waals surface area contributed by atoms with Gasteiger partial charge in [-0.25, -0.2) is 4.39 Å². The standard InChI is InChI=1S/C18H22BrFN2O4/c1-9-10-7-12(19)13(20)8-11(10)17(25)22(9)14(16(21)24)5-6-15(23)26-18(2,3)4/h7-9,14H,5-6H2,1-4H3,(H2,21,24)/t9?,14-/m0/s1. The largest absolute Gasteiger partial charge is 0.460 e. The van der Waals surface area contributed by atoms with E-state index in [9.17, 15) is 18.8 Å².